The standard InChI is InChI=1S/C15H18FN/c16-13-6-4-11(5-7-13)8-9-17-15-10-12-2-1-3-14(12)15/h1,3-7,12,14-15,17H,2,8-10H2. The van der Waals surface area contributed by atoms with Crippen molar-refractivity contribution in [2.24, 2.45) is 11.8 Å². The molecule has 0 aliphatic heterocycles. The van der Waals surface area contributed by atoms with Gasteiger partial charge in [0.1, 0.15) is 5.82 Å². The van der Waals surface area contributed by atoms with Crippen LogP contribution in [0.3, 0.4) is 0 Å². The maximum absolute atomic E-state index is 12.7. The molecule has 1 N–H and O–H groups in total. The Bertz CT molecular complexity index is 409. The van der Waals surface area contributed by atoms with Crippen molar-refractivity contribution < 1.29 is 4.39 Å². The minimum absolute atomic E-state index is 0.153. The maximum atomic E-state index is 12.7. The summed E-state index contributed by atoms with van der Waals surface area (Å²) in [6.45, 7) is 0.993. The van der Waals surface area contributed by atoms with Crippen molar-refractivity contribution in [1.82, 2.24) is 5.32 Å². The van der Waals surface area contributed by atoms with Crippen molar-refractivity contribution in [2.75, 3.05) is 6.54 Å². The smallest absolute Gasteiger partial charge is 0.123 e. The fourth-order valence-corrected chi connectivity index (χ4v) is 3.00. The third-order valence-corrected chi connectivity index (χ3v) is 4.10. The predicted octanol–water partition coefficient (Wildman–Crippen LogP) is 2.92. The third-order valence-electron chi connectivity index (χ3n) is 4.10. The molecule has 1 nitrogen and oxygen atoms in total. The third kappa shape index (κ3) is 2.27. The summed E-state index contributed by atoms with van der Waals surface area (Å²) in [6, 6.07) is 7.49. The van der Waals surface area contributed by atoms with Gasteiger partial charge in [-0.2, -0.15) is 0 Å². The second kappa shape index (κ2) is 4.61. The summed E-state index contributed by atoms with van der Waals surface area (Å²) >= 11 is 0. The van der Waals surface area contributed by atoms with Crippen LogP contribution in [0.4, 0.5) is 4.39 Å². The van der Waals surface area contributed by atoms with E-state index in [1.54, 1.807) is 0 Å². The van der Waals surface area contributed by atoms with E-state index in [1.165, 1.54) is 30.5 Å². The van der Waals surface area contributed by atoms with Crippen LogP contribution in [0.5, 0.6) is 0 Å². The highest BCUT2D eigenvalue weighted by molar-refractivity contribution is 5.17. The molecule has 3 rings (SSSR count). The lowest BCUT2D eigenvalue weighted by Gasteiger charge is -2.40. The summed E-state index contributed by atoms with van der Waals surface area (Å²) < 4.78 is 12.7. The normalized spacial score (nSPS) is 30.1. The van der Waals surface area contributed by atoms with E-state index in [1.807, 2.05) is 12.1 Å². The zero-order valence-electron chi connectivity index (χ0n) is 9.90. The molecule has 0 heterocycles. The van der Waals surface area contributed by atoms with Crippen LogP contribution in [-0.4, -0.2) is 12.6 Å². The summed E-state index contributed by atoms with van der Waals surface area (Å²) in [4.78, 5) is 0. The predicted molar refractivity (Wildman–Crippen MR) is 67.2 cm³/mol. The van der Waals surface area contributed by atoms with Crippen molar-refractivity contribution in [3.05, 3.63) is 47.8 Å². The molecule has 3 atom stereocenters. The molecular weight excluding hydrogens is 213 g/mol. The van der Waals surface area contributed by atoms with E-state index in [2.05, 4.69) is 17.5 Å². The van der Waals surface area contributed by atoms with E-state index < -0.39 is 0 Å². The van der Waals surface area contributed by atoms with Gasteiger partial charge in [0.25, 0.3) is 0 Å². The largest absolute Gasteiger partial charge is 0.313 e. The highest BCUT2D eigenvalue weighted by Gasteiger charge is 2.40. The molecular formula is C15H18FN. The molecule has 1 saturated carbocycles. The summed E-state index contributed by atoms with van der Waals surface area (Å²) in [6.07, 6.45) is 8.26. The summed E-state index contributed by atoms with van der Waals surface area (Å²) in [7, 11) is 0. The van der Waals surface area contributed by atoms with Gasteiger partial charge >= 0.3 is 0 Å². The number of rotatable bonds is 4. The SMILES string of the molecule is Fc1ccc(CCNC2CC3CC=CC32)cc1. The lowest BCUT2D eigenvalue weighted by Crippen LogP contribution is -2.48. The first kappa shape index (κ1) is 11.0. The highest BCUT2D eigenvalue weighted by Crippen LogP contribution is 2.42. The molecule has 1 aromatic carbocycles. The number of nitrogens with one attached hydrogen (secondary N) is 1. The highest BCUT2D eigenvalue weighted by atomic mass is 19.1. The average molecular weight is 231 g/mol. The van der Waals surface area contributed by atoms with Crippen LogP contribution in [-0.2, 0) is 6.42 Å². The van der Waals surface area contributed by atoms with Crippen molar-refractivity contribution >= 4 is 0 Å². The van der Waals surface area contributed by atoms with Gasteiger partial charge in [-0.3, -0.25) is 0 Å². The summed E-state index contributed by atoms with van der Waals surface area (Å²) in [5.74, 6) is 1.54. The molecule has 90 valence electrons. The molecule has 1 fully saturated rings. The molecule has 3 unspecified atom stereocenters. The van der Waals surface area contributed by atoms with E-state index in [9.17, 15) is 4.39 Å². The first-order valence-electron chi connectivity index (χ1n) is 6.47. The Morgan fingerprint density at radius 3 is 2.82 bits per heavy atom. The van der Waals surface area contributed by atoms with Gasteiger partial charge in [0, 0.05) is 6.04 Å². The zero-order chi connectivity index (χ0) is 11.7. The molecule has 2 aliphatic rings. The molecule has 0 spiro atoms. The van der Waals surface area contributed by atoms with Crippen molar-refractivity contribution in [2.45, 2.75) is 25.3 Å². The minimum Gasteiger partial charge on any atom is -0.313 e. The number of fused-ring (bicyclic) bond motifs is 1. The van der Waals surface area contributed by atoms with Gasteiger partial charge < -0.3 is 5.32 Å². The fraction of sp³-hybridized carbons (Fsp3) is 0.467. The molecule has 17 heavy (non-hydrogen) atoms. The van der Waals surface area contributed by atoms with Crippen molar-refractivity contribution in [3.8, 4) is 0 Å². The van der Waals surface area contributed by atoms with Crippen LogP contribution in [0.1, 0.15) is 18.4 Å². The van der Waals surface area contributed by atoms with Crippen LogP contribution in [0.15, 0.2) is 36.4 Å². The molecule has 2 heteroatoms. The van der Waals surface area contributed by atoms with Crippen LogP contribution >= 0.6 is 0 Å². The Morgan fingerprint density at radius 2 is 2.06 bits per heavy atom. The van der Waals surface area contributed by atoms with Crippen LogP contribution in [0, 0.1) is 17.7 Å². The van der Waals surface area contributed by atoms with E-state index in [-0.39, 0.29) is 5.82 Å². The Hall–Kier alpha value is -1.15. The first-order valence-corrected chi connectivity index (χ1v) is 6.47. The quantitative estimate of drug-likeness (QED) is 0.786. The topological polar surface area (TPSA) is 12.0 Å². The van der Waals surface area contributed by atoms with Crippen molar-refractivity contribution in [1.29, 1.82) is 0 Å². The number of allylic oxidation sites excluding steroid dienone is 1. The van der Waals surface area contributed by atoms with Crippen LogP contribution < -0.4 is 5.32 Å². The Balaban J connectivity index is 1.43. The van der Waals surface area contributed by atoms with Gasteiger partial charge in [0.05, 0.1) is 0 Å². The van der Waals surface area contributed by atoms with Gasteiger partial charge in [0.15, 0.2) is 0 Å². The molecule has 0 aromatic heterocycles. The second-order valence-electron chi connectivity index (χ2n) is 5.17. The molecule has 0 radical (unpaired) electrons. The lowest BCUT2D eigenvalue weighted by molar-refractivity contribution is 0.164. The molecule has 0 saturated heterocycles. The summed E-state index contributed by atoms with van der Waals surface area (Å²) in [5, 5.41) is 3.61. The van der Waals surface area contributed by atoms with Gasteiger partial charge in [-0.05, 0) is 55.3 Å². The van der Waals surface area contributed by atoms with E-state index in [0.717, 1.165) is 24.8 Å². The van der Waals surface area contributed by atoms with Gasteiger partial charge in [-0.15, -0.1) is 0 Å². The molecule has 0 amide bonds. The second-order valence-corrected chi connectivity index (χ2v) is 5.17. The number of halogens is 1. The Kier molecular flexibility index (Phi) is 2.98. The number of hydrogen-bond donors (Lipinski definition) is 1. The number of benzene rings is 1. The zero-order valence-corrected chi connectivity index (χ0v) is 9.90. The monoisotopic (exact) mass is 231 g/mol. The van der Waals surface area contributed by atoms with Crippen molar-refractivity contribution in [3.63, 3.8) is 0 Å². The molecule has 2 aliphatic carbocycles. The van der Waals surface area contributed by atoms with E-state index in [0.29, 0.717) is 6.04 Å². The first-order chi connectivity index (χ1) is 8.33. The molecule has 1 aromatic rings. The Morgan fingerprint density at radius 1 is 1.24 bits per heavy atom. The average Bonchev–Trinajstić information content (AvgIpc) is 2.68. The number of hydrogen-bond acceptors (Lipinski definition) is 1. The van der Waals surface area contributed by atoms with E-state index >= 15 is 0 Å². The van der Waals surface area contributed by atoms with Gasteiger partial charge in [-0.25, -0.2) is 4.39 Å². The van der Waals surface area contributed by atoms with Crippen LogP contribution in [0.25, 0.3) is 0 Å². The van der Waals surface area contributed by atoms with Crippen LogP contribution in [0.2, 0.25) is 0 Å². The fourth-order valence-electron chi connectivity index (χ4n) is 3.00. The maximum Gasteiger partial charge on any atom is 0.123 e. The molecule has 0 bridgehead atoms. The lowest BCUT2D eigenvalue weighted by atomic mass is 9.71. The summed E-state index contributed by atoms with van der Waals surface area (Å²) in [5.41, 5.74) is 1.21. The minimum atomic E-state index is -0.153. The van der Waals surface area contributed by atoms with Gasteiger partial charge in [0.2, 0.25) is 0 Å². The Labute approximate surface area is 102 Å². The van der Waals surface area contributed by atoms with Gasteiger partial charge in [-0.1, -0.05) is 24.3 Å². The van der Waals surface area contributed by atoms with E-state index in [4.69, 9.17) is 0 Å².